The van der Waals surface area contributed by atoms with E-state index in [-0.39, 0.29) is 18.1 Å². The van der Waals surface area contributed by atoms with Crippen LogP contribution in [-0.2, 0) is 9.53 Å². The van der Waals surface area contributed by atoms with Crippen LogP contribution in [0, 0.1) is 5.92 Å². The second kappa shape index (κ2) is 8.11. The first kappa shape index (κ1) is 19.2. The third-order valence-electron chi connectivity index (χ3n) is 6.12. The summed E-state index contributed by atoms with van der Waals surface area (Å²) in [6, 6.07) is 2.33. The number of hydrogen-bond acceptors (Lipinski definition) is 5. The average molecular weight is 413 g/mol. The zero-order valence-corrected chi connectivity index (χ0v) is 17.0. The van der Waals surface area contributed by atoms with Gasteiger partial charge in [0.2, 0.25) is 5.91 Å². The highest BCUT2D eigenvalue weighted by Crippen LogP contribution is 2.32. The van der Waals surface area contributed by atoms with Gasteiger partial charge < -0.3 is 15.0 Å². The lowest BCUT2D eigenvalue weighted by molar-refractivity contribution is -0.136. The minimum Gasteiger partial charge on any atom is -0.373 e. The summed E-state index contributed by atoms with van der Waals surface area (Å²) in [5.41, 5.74) is 0. The summed E-state index contributed by atoms with van der Waals surface area (Å²) < 4.78 is 5.87. The molecule has 8 heteroatoms. The third-order valence-corrected chi connectivity index (χ3v) is 6.61. The molecule has 1 aliphatic carbocycles. The van der Waals surface area contributed by atoms with Crippen molar-refractivity contribution in [2.24, 2.45) is 5.92 Å². The maximum atomic E-state index is 13.0. The van der Waals surface area contributed by atoms with Crippen molar-refractivity contribution in [1.82, 2.24) is 14.8 Å². The molecule has 1 amide bonds. The number of nitrogens with one attached hydrogen (secondary N) is 1. The van der Waals surface area contributed by atoms with Gasteiger partial charge in [0.15, 0.2) is 0 Å². The maximum Gasteiger partial charge on any atom is 0.225 e. The van der Waals surface area contributed by atoms with Gasteiger partial charge >= 0.3 is 0 Å². The summed E-state index contributed by atoms with van der Waals surface area (Å²) in [6.07, 6.45) is 5.43. The second-order valence-electron chi connectivity index (χ2n) is 7.88. The molecule has 1 aromatic rings. The number of likely N-dealkylation sites (tertiary alicyclic amines) is 1. The molecule has 0 bridgehead atoms. The quantitative estimate of drug-likeness (QED) is 0.826. The van der Waals surface area contributed by atoms with Crippen LogP contribution < -0.4 is 5.32 Å². The van der Waals surface area contributed by atoms with Crippen LogP contribution in [0.1, 0.15) is 25.7 Å². The molecular weight excluding hydrogens is 387 g/mol. The molecule has 4 rings (SSSR count). The van der Waals surface area contributed by atoms with Crippen LogP contribution in [0.2, 0.25) is 10.0 Å². The predicted octanol–water partition coefficient (Wildman–Crippen LogP) is 2.90. The van der Waals surface area contributed by atoms with Gasteiger partial charge in [0.1, 0.15) is 5.82 Å². The van der Waals surface area contributed by atoms with Crippen molar-refractivity contribution in [3.63, 3.8) is 0 Å². The molecule has 2 atom stereocenters. The molecule has 3 aliphatic rings. The van der Waals surface area contributed by atoms with E-state index in [0.29, 0.717) is 27.8 Å². The average Bonchev–Trinajstić information content (AvgIpc) is 3.10. The summed E-state index contributed by atoms with van der Waals surface area (Å²) >= 11 is 12.1. The normalized spacial score (nSPS) is 31.6. The van der Waals surface area contributed by atoms with Crippen LogP contribution >= 0.6 is 23.2 Å². The second-order valence-corrected chi connectivity index (χ2v) is 8.72. The SMILES string of the molecule is CN1CCO[C@H]2CN(C(=O)C3CCC(Nc4ncc(Cl)cc4Cl)CC3)C[C@@H]21. The molecule has 2 saturated heterocycles. The summed E-state index contributed by atoms with van der Waals surface area (Å²) in [6.45, 7) is 3.23. The third kappa shape index (κ3) is 4.19. The van der Waals surface area contributed by atoms with Gasteiger partial charge in [-0.05, 0) is 38.8 Å². The van der Waals surface area contributed by atoms with E-state index in [0.717, 1.165) is 51.9 Å². The minimum atomic E-state index is 0.113. The van der Waals surface area contributed by atoms with E-state index in [1.807, 2.05) is 4.90 Å². The lowest BCUT2D eigenvalue weighted by Crippen LogP contribution is -2.48. The fourth-order valence-electron chi connectivity index (χ4n) is 4.49. The van der Waals surface area contributed by atoms with E-state index in [2.05, 4.69) is 22.2 Å². The van der Waals surface area contributed by atoms with Crippen molar-refractivity contribution >= 4 is 34.9 Å². The first-order valence-electron chi connectivity index (χ1n) is 9.69. The summed E-state index contributed by atoms with van der Waals surface area (Å²) in [7, 11) is 2.13. The number of aromatic nitrogens is 1. The highest BCUT2D eigenvalue weighted by Gasteiger charge is 2.42. The first-order chi connectivity index (χ1) is 13.0. The Morgan fingerprint density at radius 3 is 2.74 bits per heavy atom. The van der Waals surface area contributed by atoms with E-state index in [4.69, 9.17) is 27.9 Å². The lowest BCUT2D eigenvalue weighted by Gasteiger charge is -2.33. The van der Waals surface area contributed by atoms with Crippen LogP contribution in [0.3, 0.4) is 0 Å². The Morgan fingerprint density at radius 2 is 2.04 bits per heavy atom. The Labute approximate surface area is 170 Å². The van der Waals surface area contributed by atoms with Crippen molar-refractivity contribution in [2.45, 2.75) is 43.9 Å². The van der Waals surface area contributed by atoms with Crippen molar-refractivity contribution in [2.75, 3.05) is 38.6 Å². The fraction of sp³-hybridized carbons (Fsp3) is 0.684. The number of carbonyl (C=O) groups excluding carboxylic acids is 1. The Hall–Kier alpha value is -1.08. The molecule has 1 saturated carbocycles. The highest BCUT2D eigenvalue weighted by molar-refractivity contribution is 6.35. The van der Waals surface area contributed by atoms with Gasteiger partial charge in [-0.25, -0.2) is 4.98 Å². The number of nitrogens with zero attached hydrogens (tertiary/aromatic N) is 3. The monoisotopic (exact) mass is 412 g/mol. The summed E-state index contributed by atoms with van der Waals surface area (Å²) in [5, 5.41) is 4.46. The number of ether oxygens (including phenoxy) is 1. The van der Waals surface area contributed by atoms with Crippen LogP contribution in [0.4, 0.5) is 5.82 Å². The number of anilines is 1. The molecule has 148 valence electrons. The fourth-order valence-corrected chi connectivity index (χ4v) is 4.93. The number of pyridine rings is 1. The van der Waals surface area contributed by atoms with Crippen molar-refractivity contribution < 1.29 is 9.53 Å². The molecule has 0 aromatic carbocycles. The molecule has 27 heavy (non-hydrogen) atoms. The van der Waals surface area contributed by atoms with Gasteiger partial charge in [-0.3, -0.25) is 9.69 Å². The number of halogens is 2. The zero-order chi connectivity index (χ0) is 19.0. The Balaban J connectivity index is 1.29. The standard InChI is InChI=1S/C19H26Cl2N4O2/c1-24-6-7-27-17-11-25(10-16(17)24)19(26)12-2-4-14(5-3-12)23-18-15(21)8-13(20)9-22-18/h8-9,12,14,16-17H,2-7,10-11H2,1H3,(H,22,23)/t12?,14?,16-,17-/m0/s1. The van der Waals surface area contributed by atoms with Crippen molar-refractivity contribution in [1.29, 1.82) is 0 Å². The molecule has 0 unspecified atom stereocenters. The minimum absolute atomic E-state index is 0.113. The number of amides is 1. The summed E-state index contributed by atoms with van der Waals surface area (Å²) in [4.78, 5) is 21.6. The molecule has 1 N–H and O–H groups in total. The summed E-state index contributed by atoms with van der Waals surface area (Å²) in [5.74, 6) is 1.07. The Kier molecular flexibility index (Phi) is 5.78. The smallest absolute Gasteiger partial charge is 0.225 e. The van der Waals surface area contributed by atoms with Crippen LogP contribution in [0.25, 0.3) is 0 Å². The number of rotatable bonds is 3. The molecule has 2 aliphatic heterocycles. The van der Waals surface area contributed by atoms with Gasteiger partial charge in [-0.15, -0.1) is 0 Å². The number of hydrogen-bond donors (Lipinski definition) is 1. The molecule has 1 aromatic heterocycles. The van der Waals surface area contributed by atoms with E-state index in [9.17, 15) is 4.79 Å². The van der Waals surface area contributed by atoms with Gasteiger partial charge in [0, 0.05) is 37.8 Å². The van der Waals surface area contributed by atoms with Gasteiger partial charge in [0.05, 0.1) is 28.8 Å². The molecule has 0 radical (unpaired) electrons. The molecular formula is C19H26Cl2N4O2. The maximum absolute atomic E-state index is 13.0. The van der Waals surface area contributed by atoms with Crippen LogP contribution in [0.5, 0.6) is 0 Å². The van der Waals surface area contributed by atoms with E-state index in [1.165, 1.54) is 0 Å². The predicted molar refractivity (Wildman–Crippen MR) is 106 cm³/mol. The number of morpholine rings is 1. The molecule has 3 heterocycles. The highest BCUT2D eigenvalue weighted by atomic mass is 35.5. The van der Waals surface area contributed by atoms with Crippen LogP contribution in [-0.4, -0.2) is 72.2 Å². The molecule has 0 spiro atoms. The van der Waals surface area contributed by atoms with Gasteiger partial charge in [-0.2, -0.15) is 0 Å². The molecule has 3 fully saturated rings. The van der Waals surface area contributed by atoms with E-state index >= 15 is 0 Å². The Morgan fingerprint density at radius 1 is 1.26 bits per heavy atom. The number of likely N-dealkylation sites (N-methyl/N-ethyl adjacent to an activating group) is 1. The van der Waals surface area contributed by atoms with Crippen molar-refractivity contribution in [3.05, 3.63) is 22.3 Å². The topological polar surface area (TPSA) is 57.7 Å². The number of carbonyl (C=O) groups is 1. The first-order valence-corrected chi connectivity index (χ1v) is 10.4. The number of fused-ring (bicyclic) bond motifs is 1. The van der Waals surface area contributed by atoms with E-state index in [1.54, 1.807) is 12.3 Å². The van der Waals surface area contributed by atoms with Crippen molar-refractivity contribution in [3.8, 4) is 0 Å². The zero-order valence-electron chi connectivity index (χ0n) is 15.5. The van der Waals surface area contributed by atoms with Gasteiger partial charge in [0.25, 0.3) is 0 Å². The van der Waals surface area contributed by atoms with Crippen LogP contribution in [0.15, 0.2) is 12.3 Å². The Bertz CT molecular complexity index is 696. The van der Waals surface area contributed by atoms with Gasteiger partial charge in [-0.1, -0.05) is 23.2 Å². The van der Waals surface area contributed by atoms with E-state index < -0.39 is 0 Å². The largest absolute Gasteiger partial charge is 0.373 e. The molecule has 6 nitrogen and oxygen atoms in total. The lowest BCUT2D eigenvalue weighted by atomic mass is 9.85.